The molecule has 2 aliphatic carbocycles. The average molecular weight is 464 g/mol. The standard InChI is InChI=1S/C22H21F4N5O2/c1-21(2,22(24,25)26)14(32)7-15(27)30-16(33)6-10-3-4-13(18-17(10)19(18)23)11-5-12-9-29-31-20(12)28-8-11/h3-5,7-9,17-19,32H,6H2,1-2H3,(H2,27,30,33)(H,28,29,31)/p+1/b14-7-. The fraction of sp³-hybridized carbons (Fsp3) is 0.364. The number of rotatable bonds is 5. The number of aromatic nitrogens is 3. The van der Waals surface area contributed by atoms with Gasteiger partial charge in [0.1, 0.15) is 17.3 Å². The lowest BCUT2D eigenvalue weighted by Gasteiger charge is -2.26. The third kappa shape index (κ3) is 4.14. The number of amidine groups is 1. The van der Waals surface area contributed by atoms with Crippen LogP contribution in [-0.2, 0) is 4.79 Å². The number of nitrogens with two attached hydrogens (primary N) is 1. The van der Waals surface area contributed by atoms with E-state index in [2.05, 4.69) is 20.5 Å². The number of carbonyl (C=O) groups is 1. The van der Waals surface area contributed by atoms with Crippen LogP contribution in [0.25, 0.3) is 16.6 Å². The smallest absolute Gasteiger partial charge is 0.400 e. The second-order valence-corrected chi connectivity index (χ2v) is 8.72. The minimum atomic E-state index is -4.70. The van der Waals surface area contributed by atoms with Crippen molar-refractivity contribution in [1.82, 2.24) is 20.5 Å². The maximum atomic E-state index is 14.6. The van der Waals surface area contributed by atoms with Gasteiger partial charge < -0.3 is 5.11 Å². The summed E-state index contributed by atoms with van der Waals surface area (Å²) < 4.78 is 53.6. The molecule has 3 unspecified atom stereocenters. The van der Waals surface area contributed by atoms with Gasteiger partial charge in [-0.1, -0.05) is 17.7 Å². The van der Waals surface area contributed by atoms with Crippen LogP contribution in [0.2, 0.25) is 0 Å². The van der Waals surface area contributed by atoms with Crippen LogP contribution >= 0.6 is 0 Å². The first kappa shape index (κ1) is 22.7. The zero-order valence-electron chi connectivity index (χ0n) is 17.7. The van der Waals surface area contributed by atoms with Crippen LogP contribution in [0.15, 0.2) is 48.0 Å². The number of alkyl halides is 4. The third-order valence-corrected chi connectivity index (χ3v) is 6.11. The van der Waals surface area contributed by atoms with Crippen LogP contribution in [0, 0.1) is 17.3 Å². The Morgan fingerprint density at radius 3 is 2.70 bits per heavy atom. The van der Waals surface area contributed by atoms with Gasteiger partial charge in [-0.05, 0) is 31.1 Å². The van der Waals surface area contributed by atoms with Gasteiger partial charge in [0.15, 0.2) is 5.65 Å². The molecule has 0 saturated heterocycles. The maximum Gasteiger partial charge on any atom is 0.400 e. The monoisotopic (exact) mass is 464 g/mol. The summed E-state index contributed by atoms with van der Waals surface area (Å²) in [5.74, 6) is -2.96. The van der Waals surface area contributed by atoms with Gasteiger partial charge in [-0.3, -0.25) is 10.5 Å². The second kappa shape index (κ2) is 7.82. The van der Waals surface area contributed by atoms with Crippen LogP contribution in [0.1, 0.15) is 25.8 Å². The molecule has 0 spiro atoms. The Morgan fingerprint density at radius 1 is 1.27 bits per heavy atom. The fourth-order valence-corrected chi connectivity index (χ4v) is 3.85. The molecule has 7 nitrogen and oxygen atoms in total. The molecule has 1 fully saturated rings. The van der Waals surface area contributed by atoms with Gasteiger partial charge in [0, 0.05) is 23.4 Å². The number of nitrogens with zero attached hydrogens (tertiary/aromatic N) is 2. The van der Waals surface area contributed by atoms with Gasteiger partial charge >= 0.3 is 12.1 Å². The molecule has 1 saturated carbocycles. The van der Waals surface area contributed by atoms with Crippen molar-refractivity contribution in [3.8, 4) is 0 Å². The van der Waals surface area contributed by atoms with Crippen molar-refractivity contribution in [3.63, 3.8) is 0 Å². The van der Waals surface area contributed by atoms with Gasteiger partial charge in [-0.15, -0.1) is 0 Å². The highest BCUT2D eigenvalue weighted by Gasteiger charge is 2.56. The van der Waals surface area contributed by atoms with E-state index in [0.29, 0.717) is 17.3 Å². The molecule has 3 atom stereocenters. The quantitative estimate of drug-likeness (QED) is 0.236. The minimum Gasteiger partial charge on any atom is -0.511 e. The lowest BCUT2D eigenvalue weighted by Crippen LogP contribution is -2.50. The van der Waals surface area contributed by atoms with Crippen molar-refractivity contribution in [1.29, 1.82) is 0 Å². The Hall–Kier alpha value is -3.50. The zero-order valence-corrected chi connectivity index (χ0v) is 17.7. The molecule has 2 aromatic heterocycles. The second-order valence-electron chi connectivity index (χ2n) is 8.72. The fourth-order valence-electron chi connectivity index (χ4n) is 3.85. The first-order valence-electron chi connectivity index (χ1n) is 10.1. The van der Waals surface area contributed by atoms with E-state index < -0.39 is 47.1 Å². The molecule has 4 rings (SSSR count). The van der Waals surface area contributed by atoms with Gasteiger partial charge in [0.2, 0.25) is 0 Å². The molecule has 0 aromatic carbocycles. The Morgan fingerprint density at radius 2 is 2.00 bits per heavy atom. The molecular formula is C22H22F4N5O2+. The minimum absolute atomic E-state index is 0.178. The predicted molar refractivity (Wildman–Crippen MR) is 112 cm³/mol. The Balaban J connectivity index is 1.45. The number of allylic oxidation sites excluding steroid dienone is 4. The van der Waals surface area contributed by atoms with E-state index in [0.717, 1.165) is 30.4 Å². The summed E-state index contributed by atoms with van der Waals surface area (Å²) in [6.07, 6.45) is 1.30. The SMILES string of the molecule is CC(C)(/C(O)=C/C(=[NH2+])NC(=O)CC1=CC=C(c2cnc3[nH]ncc3c2)C2C(F)C12)C(F)(F)F. The van der Waals surface area contributed by atoms with E-state index in [4.69, 9.17) is 5.41 Å². The number of nitrogens with one attached hydrogen (secondary N) is 2. The molecule has 0 radical (unpaired) electrons. The number of aromatic amines is 1. The zero-order chi connectivity index (χ0) is 24.1. The number of pyridine rings is 1. The van der Waals surface area contributed by atoms with Crippen LogP contribution in [0.4, 0.5) is 17.6 Å². The molecule has 5 N–H and O–H groups in total. The summed E-state index contributed by atoms with van der Waals surface area (Å²) in [5, 5.41) is 25.1. The van der Waals surface area contributed by atoms with E-state index in [1.165, 1.54) is 0 Å². The number of amides is 1. The number of hydrogen-bond acceptors (Lipinski definition) is 4. The van der Waals surface area contributed by atoms with Crippen LogP contribution < -0.4 is 10.7 Å². The Kier molecular flexibility index (Phi) is 5.38. The maximum absolute atomic E-state index is 14.6. The normalized spacial score (nSPS) is 23.0. The predicted octanol–water partition coefficient (Wildman–Crippen LogP) is 2.56. The molecule has 0 aliphatic heterocycles. The summed E-state index contributed by atoms with van der Waals surface area (Å²) in [6, 6.07) is 1.86. The molecular weight excluding hydrogens is 442 g/mol. The van der Waals surface area contributed by atoms with Crippen LogP contribution in [-0.4, -0.2) is 44.4 Å². The number of halogens is 4. The van der Waals surface area contributed by atoms with E-state index >= 15 is 0 Å². The number of H-pyrrole nitrogens is 1. The summed E-state index contributed by atoms with van der Waals surface area (Å²) in [4.78, 5) is 16.6. The van der Waals surface area contributed by atoms with E-state index in [1.807, 2.05) is 6.07 Å². The van der Waals surface area contributed by atoms with E-state index in [1.54, 1.807) is 24.5 Å². The van der Waals surface area contributed by atoms with E-state index in [-0.39, 0.29) is 6.42 Å². The highest BCUT2D eigenvalue weighted by Crippen LogP contribution is 2.57. The molecule has 2 aromatic rings. The van der Waals surface area contributed by atoms with Gasteiger partial charge in [0.05, 0.1) is 18.7 Å². The molecule has 2 heterocycles. The lowest BCUT2D eigenvalue weighted by atomic mass is 9.89. The summed E-state index contributed by atoms with van der Waals surface area (Å²) in [7, 11) is 0. The number of aliphatic hydroxyl groups is 1. The number of carbonyl (C=O) groups excluding carboxylic acids is 1. The first-order valence-corrected chi connectivity index (χ1v) is 10.1. The Bertz CT molecular complexity index is 1220. The van der Waals surface area contributed by atoms with Crippen molar-refractivity contribution < 1.29 is 32.9 Å². The van der Waals surface area contributed by atoms with Crippen LogP contribution in [0.3, 0.4) is 0 Å². The first-order chi connectivity index (χ1) is 15.4. The molecule has 174 valence electrons. The molecule has 11 heteroatoms. The number of fused-ring (bicyclic) bond motifs is 2. The van der Waals surface area contributed by atoms with Crippen molar-refractivity contribution in [2.24, 2.45) is 17.3 Å². The van der Waals surface area contributed by atoms with Gasteiger partial charge in [-0.25, -0.2) is 19.5 Å². The molecule has 33 heavy (non-hydrogen) atoms. The number of hydrogen-bond donors (Lipinski definition) is 4. The summed E-state index contributed by atoms with van der Waals surface area (Å²) >= 11 is 0. The third-order valence-electron chi connectivity index (χ3n) is 6.11. The number of aliphatic hydroxyl groups excluding tert-OH is 1. The van der Waals surface area contributed by atoms with Crippen LogP contribution in [0.5, 0.6) is 0 Å². The largest absolute Gasteiger partial charge is 0.511 e. The van der Waals surface area contributed by atoms with E-state index in [9.17, 15) is 27.5 Å². The molecule has 1 amide bonds. The summed E-state index contributed by atoms with van der Waals surface area (Å²) in [5.41, 5.74) is 0.194. The highest BCUT2D eigenvalue weighted by molar-refractivity contribution is 6.02. The molecule has 2 aliphatic rings. The average Bonchev–Trinajstić information content (AvgIpc) is 3.18. The lowest BCUT2D eigenvalue weighted by molar-refractivity contribution is -0.206. The Labute approximate surface area is 185 Å². The topological polar surface area (TPSA) is 116 Å². The summed E-state index contributed by atoms with van der Waals surface area (Å²) in [6.45, 7) is 1.58. The highest BCUT2D eigenvalue weighted by atomic mass is 19.4. The van der Waals surface area contributed by atoms with Crippen molar-refractivity contribution in [2.75, 3.05) is 0 Å². The van der Waals surface area contributed by atoms with Crippen molar-refractivity contribution in [2.45, 2.75) is 32.6 Å². The van der Waals surface area contributed by atoms with Crippen molar-refractivity contribution in [3.05, 3.63) is 53.6 Å². The molecule has 0 bridgehead atoms. The van der Waals surface area contributed by atoms with Gasteiger partial charge in [-0.2, -0.15) is 18.3 Å². The van der Waals surface area contributed by atoms with Crippen molar-refractivity contribution >= 4 is 28.3 Å². The van der Waals surface area contributed by atoms with Gasteiger partial charge in [0.25, 0.3) is 5.84 Å².